The number of imide groups is 1. The molecular weight excluding hydrogens is 624 g/mol. The average molecular weight is 669 g/mol. The van der Waals surface area contributed by atoms with Crippen LogP contribution in [0.5, 0.6) is 11.5 Å². The third-order valence-corrected chi connectivity index (χ3v) is 8.07. The zero-order valence-electron chi connectivity index (χ0n) is 28.2. The van der Waals surface area contributed by atoms with E-state index in [4.69, 9.17) is 24.1 Å². The standard InChI is InChI=1S/C33H44N6O9/c1-37(2)18-25-27(45-5)13-20(14-28(25)46-6)24-19-39(4)32(42)23-17-35-29(16-21(23)24)38(3)8-10-48-12-11-47-9-7-34-26-15-22(33(43)44)30(40)36-31(26)41/h13-14,16-17,19,22,26,34H,7-12,15,18H2,1-6H3,(H,43,44)(H,36,40,41). The molecule has 0 aliphatic carbocycles. The number of hydrogen-bond donors (Lipinski definition) is 3. The van der Waals surface area contributed by atoms with Gasteiger partial charge in [0.15, 0.2) is 0 Å². The van der Waals surface area contributed by atoms with Crippen LogP contribution >= 0.6 is 0 Å². The van der Waals surface area contributed by atoms with Crippen molar-refractivity contribution in [3.63, 3.8) is 0 Å². The number of benzene rings is 1. The van der Waals surface area contributed by atoms with Gasteiger partial charge in [-0.1, -0.05) is 0 Å². The van der Waals surface area contributed by atoms with Crippen LogP contribution in [0.1, 0.15) is 12.0 Å². The van der Waals surface area contributed by atoms with Gasteiger partial charge in [0.1, 0.15) is 23.2 Å². The first kappa shape index (κ1) is 36.3. The Morgan fingerprint density at radius 3 is 2.29 bits per heavy atom. The number of hydrogen-bond acceptors (Lipinski definition) is 12. The van der Waals surface area contributed by atoms with E-state index in [1.165, 1.54) is 0 Å². The van der Waals surface area contributed by atoms with Crippen molar-refractivity contribution < 1.29 is 38.4 Å². The number of methoxy groups -OCH3 is 2. The van der Waals surface area contributed by atoms with Crippen molar-refractivity contribution in [1.29, 1.82) is 0 Å². The highest BCUT2D eigenvalue weighted by atomic mass is 16.5. The van der Waals surface area contributed by atoms with E-state index in [9.17, 15) is 19.2 Å². The number of amides is 2. The molecule has 2 atom stereocenters. The maximum atomic E-state index is 13.1. The van der Waals surface area contributed by atoms with Crippen LogP contribution in [0, 0.1) is 5.92 Å². The van der Waals surface area contributed by atoms with Gasteiger partial charge in [-0.15, -0.1) is 0 Å². The molecule has 2 aromatic heterocycles. The lowest BCUT2D eigenvalue weighted by Crippen LogP contribution is -2.56. The lowest BCUT2D eigenvalue weighted by molar-refractivity contribution is -0.151. The number of nitrogens with zero attached hydrogens (tertiary/aromatic N) is 4. The fourth-order valence-electron chi connectivity index (χ4n) is 5.48. The highest BCUT2D eigenvalue weighted by Gasteiger charge is 2.38. The highest BCUT2D eigenvalue weighted by Crippen LogP contribution is 2.38. The number of aliphatic carboxylic acids is 1. The first-order chi connectivity index (χ1) is 22.9. The van der Waals surface area contributed by atoms with Gasteiger partial charge in [0, 0.05) is 57.1 Å². The van der Waals surface area contributed by atoms with E-state index in [-0.39, 0.29) is 18.6 Å². The van der Waals surface area contributed by atoms with Gasteiger partial charge >= 0.3 is 5.97 Å². The van der Waals surface area contributed by atoms with E-state index in [0.717, 1.165) is 22.1 Å². The third-order valence-electron chi connectivity index (χ3n) is 8.07. The van der Waals surface area contributed by atoms with Crippen molar-refractivity contribution in [2.24, 2.45) is 13.0 Å². The molecule has 2 unspecified atom stereocenters. The van der Waals surface area contributed by atoms with Gasteiger partial charge in [-0.05, 0) is 44.3 Å². The lowest BCUT2D eigenvalue weighted by Gasteiger charge is -2.26. The fraction of sp³-hybridized carbons (Fsp3) is 0.485. The van der Waals surface area contributed by atoms with Crippen LogP contribution in [0.15, 0.2) is 35.4 Å². The van der Waals surface area contributed by atoms with E-state index >= 15 is 0 Å². The second kappa shape index (κ2) is 16.5. The van der Waals surface area contributed by atoms with Crippen molar-refractivity contribution in [1.82, 2.24) is 25.1 Å². The van der Waals surface area contributed by atoms with Crippen molar-refractivity contribution in [2.75, 3.05) is 79.8 Å². The maximum Gasteiger partial charge on any atom is 0.316 e. The zero-order valence-corrected chi connectivity index (χ0v) is 28.2. The Labute approximate surface area is 278 Å². The summed E-state index contributed by atoms with van der Waals surface area (Å²) in [4.78, 5) is 56.4. The van der Waals surface area contributed by atoms with Gasteiger partial charge in [0.2, 0.25) is 11.8 Å². The molecule has 1 aliphatic rings. The summed E-state index contributed by atoms with van der Waals surface area (Å²) >= 11 is 0. The SMILES string of the molecule is COc1cc(-c2cn(C)c(=O)c3cnc(N(C)CCOCCOCCNC4CC(C(=O)O)C(=O)NC4=O)cc23)cc(OC)c1CN(C)C. The number of pyridine rings is 2. The number of ether oxygens (including phenoxy) is 4. The second-order valence-corrected chi connectivity index (χ2v) is 11.8. The molecule has 0 spiro atoms. The smallest absolute Gasteiger partial charge is 0.316 e. The number of rotatable bonds is 17. The van der Waals surface area contributed by atoms with Gasteiger partial charge in [-0.25, -0.2) is 4.98 Å². The van der Waals surface area contributed by atoms with Gasteiger partial charge in [-0.2, -0.15) is 0 Å². The van der Waals surface area contributed by atoms with E-state index in [0.29, 0.717) is 62.2 Å². The number of carboxylic acids is 1. The first-order valence-electron chi connectivity index (χ1n) is 15.5. The predicted octanol–water partition coefficient (Wildman–Crippen LogP) is 0.854. The van der Waals surface area contributed by atoms with Crippen molar-refractivity contribution >= 4 is 34.4 Å². The van der Waals surface area contributed by atoms with E-state index in [1.54, 1.807) is 32.0 Å². The summed E-state index contributed by atoms with van der Waals surface area (Å²) in [6.07, 6.45) is 3.31. The summed E-state index contributed by atoms with van der Waals surface area (Å²) < 4.78 is 24.3. The number of likely N-dealkylation sites (N-methyl/N-ethyl adjacent to an activating group) is 1. The Balaban J connectivity index is 1.33. The molecular formula is C33H44N6O9. The summed E-state index contributed by atoms with van der Waals surface area (Å²) in [6, 6.07) is 5.04. The number of nitrogens with one attached hydrogen (secondary N) is 2. The number of anilines is 1. The molecule has 4 rings (SSSR count). The monoisotopic (exact) mass is 668 g/mol. The van der Waals surface area contributed by atoms with Crippen LogP contribution in [0.25, 0.3) is 21.9 Å². The number of carboxylic acid groups (broad SMARTS) is 1. The van der Waals surface area contributed by atoms with Crippen LogP contribution in [0.3, 0.4) is 0 Å². The fourth-order valence-corrected chi connectivity index (χ4v) is 5.48. The molecule has 0 bridgehead atoms. The molecule has 0 saturated carbocycles. The van der Waals surface area contributed by atoms with Gasteiger partial charge in [-0.3, -0.25) is 24.5 Å². The molecule has 3 aromatic rings. The molecule has 15 heteroatoms. The van der Waals surface area contributed by atoms with Crippen LogP contribution in [0.4, 0.5) is 5.82 Å². The van der Waals surface area contributed by atoms with Crippen LogP contribution in [0.2, 0.25) is 0 Å². The Morgan fingerprint density at radius 2 is 1.67 bits per heavy atom. The number of aryl methyl sites for hydroxylation is 1. The Morgan fingerprint density at radius 1 is 1.00 bits per heavy atom. The van der Waals surface area contributed by atoms with Gasteiger partial charge in [0.25, 0.3) is 5.56 Å². The number of piperidine rings is 1. The van der Waals surface area contributed by atoms with Crippen molar-refractivity contribution in [2.45, 2.75) is 19.0 Å². The highest BCUT2D eigenvalue weighted by molar-refractivity contribution is 6.08. The molecule has 1 saturated heterocycles. The number of fused-ring (bicyclic) bond motifs is 1. The van der Waals surface area contributed by atoms with E-state index in [1.807, 2.05) is 55.3 Å². The molecule has 3 heterocycles. The Kier molecular flexibility index (Phi) is 12.5. The minimum atomic E-state index is -1.26. The normalized spacial score (nSPS) is 16.3. The topological polar surface area (TPSA) is 174 Å². The first-order valence-corrected chi connectivity index (χ1v) is 15.5. The molecule has 1 fully saturated rings. The Hall–Kier alpha value is -4.57. The molecule has 0 radical (unpaired) electrons. The summed E-state index contributed by atoms with van der Waals surface area (Å²) in [6.45, 7) is 2.80. The third kappa shape index (κ3) is 8.66. The molecule has 2 amide bonds. The van der Waals surface area contributed by atoms with Crippen LogP contribution < -0.4 is 30.6 Å². The Bertz CT molecular complexity index is 1670. The van der Waals surface area contributed by atoms with E-state index < -0.39 is 29.7 Å². The van der Waals surface area contributed by atoms with Crippen LogP contribution in [-0.2, 0) is 37.4 Å². The summed E-state index contributed by atoms with van der Waals surface area (Å²) in [5.74, 6) is -1.81. The number of carbonyl (C=O) groups excluding carboxylic acids is 2. The number of aromatic nitrogens is 2. The predicted molar refractivity (Wildman–Crippen MR) is 179 cm³/mol. The summed E-state index contributed by atoms with van der Waals surface area (Å²) in [5.41, 5.74) is 2.44. The minimum absolute atomic E-state index is 0.103. The molecule has 1 aliphatic heterocycles. The van der Waals surface area contributed by atoms with Crippen molar-refractivity contribution in [3.05, 3.63) is 46.5 Å². The average Bonchev–Trinajstić information content (AvgIpc) is 3.05. The molecule has 1 aromatic carbocycles. The quantitative estimate of drug-likeness (QED) is 0.105. The minimum Gasteiger partial charge on any atom is -0.496 e. The van der Waals surface area contributed by atoms with Gasteiger partial charge in [0.05, 0.1) is 57.6 Å². The summed E-state index contributed by atoms with van der Waals surface area (Å²) in [5, 5.41) is 15.4. The van der Waals surface area contributed by atoms with E-state index in [2.05, 4.69) is 15.6 Å². The van der Waals surface area contributed by atoms with Crippen molar-refractivity contribution in [3.8, 4) is 22.6 Å². The maximum absolute atomic E-state index is 13.1. The largest absolute Gasteiger partial charge is 0.496 e. The zero-order chi connectivity index (χ0) is 35.0. The molecule has 260 valence electrons. The molecule has 15 nitrogen and oxygen atoms in total. The second-order valence-electron chi connectivity index (χ2n) is 11.8. The number of carbonyl (C=O) groups is 3. The molecule has 3 N–H and O–H groups in total. The van der Waals surface area contributed by atoms with Crippen LogP contribution in [-0.4, -0.2) is 118 Å². The van der Waals surface area contributed by atoms with Gasteiger partial charge < -0.3 is 43.7 Å². The lowest BCUT2D eigenvalue weighted by atomic mass is 9.94. The molecule has 48 heavy (non-hydrogen) atoms. The summed E-state index contributed by atoms with van der Waals surface area (Å²) in [7, 11) is 10.8.